The Morgan fingerprint density at radius 3 is 2.45 bits per heavy atom. The summed E-state index contributed by atoms with van der Waals surface area (Å²) in [7, 11) is 0. The second kappa shape index (κ2) is 4.28. The third-order valence-electron chi connectivity index (χ3n) is 3.56. The quantitative estimate of drug-likeness (QED) is 0.707. The Balaban J connectivity index is 2.35. The van der Waals surface area contributed by atoms with Crippen molar-refractivity contribution in [1.82, 2.24) is 0 Å². The molecule has 1 aliphatic rings. The molecular formula is C16H12O4. The number of hydrogen-bond acceptors (Lipinski definition) is 4. The zero-order valence-corrected chi connectivity index (χ0v) is 10.8. The largest absolute Gasteiger partial charge is 0.507 e. The van der Waals surface area contributed by atoms with Gasteiger partial charge in [0.2, 0.25) is 0 Å². The van der Waals surface area contributed by atoms with Crippen molar-refractivity contribution in [1.29, 1.82) is 0 Å². The zero-order chi connectivity index (χ0) is 14.4. The van der Waals surface area contributed by atoms with Crippen LogP contribution in [0.4, 0.5) is 0 Å². The summed E-state index contributed by atoms with van der Waals surface area (Å²) in [5.74, 6) is -0.837. The van der Waals surface area contributed by atoms with Gasteiger partial charge < -0.3 is 10.2 Å². The summed E-state index contributed by atoms with van der Waals surface area (Å²) in [6.07, 6.45) is 0. The lowest BCUT2D eigenvalue weighted by molar-refractivity contribution is 0.0976. The first kappa shape index (κ1) is 12.6. The molecule has 0 fully saturated rings. The molecule has 100 valence electrons. The van der Waals surface area contributed by atoms with Gasteiger partial charge in [-0.2, -0.15) is 0 Å². The Kier molecular flexibility index (Phi) is 2.69. The number of fused-ring (bicyclic) bond motifs is 2. The van der Waals surface area contributed by atoms with Crippen LogP contribution in [-0.2, 0) is 6.61 Å². The molecule has 0 aliphatic heterocycles. The van der Waals surface area contributed by atoms with E-state index in [1.807, 2.05) is 0 Å². The smallest absolute Gasteiger partial charge is 0.198 e. The number of carbonyl (C=O) groups is 2. The van der Waals surface area contributed by atoms with Crippen LogP contribution in [-0.4, -0.2) is 21.8 Å². The Hall–Kier alpha value is -2.46. The fourth-order valence-electron chi connectivity index (χ4n) is 2.67. The molecule has 2 N–H and O–H groups in total. The topological polar surface area (TPSA) is 74.6 Å². The van der Waals surface area contributed by atoms with Crippen LogP contribution < -0.4 is 0 Å². The van der Waals surface area contributed by atoms with Crippen molar-refractivity contribution in [3.63, 3.8) is 0 Å². The van der Waals surface area contributed by atoms with E-state index in [4.69, 9.17) is 0 Å². The zero-order valence-electron chi connectivity index (χ0n) is 10.8. The summed E-state index contributed by atoms with van der Waals surface area (Å²) in [4.78, 5) is 25.0. The number of aryl methyl sites for hydroxylation is 1. The second-order valence-electron chi connectivity index (χ2n) is 4.85. The summed E-state index contributed by atoms with van der Waals surface area (Å²) in [5.41, 5.74) is 2.07. The fraction of sp³-hybridized carbons (Fsp3) is 0.125. The number of benzene rings is 2. The summed E-state index contributed by atoms with van der Waals surface area (Å²) in [6, 6.07) is 7.67. The van der Waals surface area contributed by atoms with Gasteiger partial charge in [0.15, 0.2) is 11.6 Å². The van der Waals surface area contributed by atoms with Crippen LogP contribution in [0.2, 0.25) is 0 Å². The predicted molar refractivity (Wildman–Crippen MR) is 72.1 cm³/mol. The first-order chi connectivity index (χ1) is 9.54. The van der Waals surface area contributed by atoms with Gasteiger partial charge in [-0.15, -0.1) is 0 Å². The van der Waals surface area contributed by atoms with Gasteiger partial charge in [-0.25, -0.2) is 0 Å². The standard InChI is InChI=1S/C16H12O4/c1-8-5-9(7-17)6-11-13(8)16(20)14-10(15(11)19)3-2-4-12(14)18/h2-6,17-18H,7H2,1H3. The fourth-order valence-corrected chi connectivity index (χ4v) is 2.67. The predicted octanol–water partition coefficient (Wildman–Crippen LogP) is 1.97. The average molecular weight is 268 g/mol. The molecule has 0 unspecified atom stereocenters. The number of rotatable bonds is 1. The van der Waals surface area contributed by atoms with E-state index in [0.29, 0.717) is 16.7 Å². The highest BCUT2D eigenvalue weighted by atomic mass is 16.3. The molecule has 3 rings (SSSR count). The van der Waals surface area contributed by atoms with Gasteiger partial charge in [-0.1, -0.05) is 18.2 Å². The van der Waals surface area contributed by atoms with E-state index in [9.17, 15) is 19.8 Å². The van der Waals surface area contributed by atoms with E-state index in [1.54, 1.807) is 13.0 Å². The van der Waals surface area contributed by atoms with Crippen LogP contribution in [0.3, 0.4) is 0 Å². The van der Waals surface area contributed by atoms with Gasteiger partial charge in [0, 0.05) is 16.7 Å². The number of aromatic hydroxyl groups is 1. The molecule has 0 bridgehead atoms. The molecule has 20 heavy (non-hydrogen) atoms. The highest BCUT2D eigenvalue weighted by Gasteiger charge is 2.33. The Labute approximate surface area is 115 Å². The molecule has 2 aromatic carbocycles. The number of phenols is 1. The summed E-state index contributed by atoms with van der Waals surface area (Å²) < 4.78 is 0. The van der Waals surface area contributed by atoms with Crippen LogP contribution >= 0.6 is 0 Å². The monoisotopic (exact) mass is 268 g/mol. The molecule has 1 aliphatic carbocycles. The molecule has 0 saturated carbocycles. The van der Waals surface area contributed by atoms with Crippen molar-refractivity contribution < 1.29 is 19.8 Å². The third kappa shape index (κ3) is 1.58. The number of carbonyl (C=O) groups excluding carboxylic acids is 2. The molecular weight excluding hydrogens is 256 g/mol. The van der Waals surface area contributed by atoms with E-state index in [-0.39, 0.29) is 40.6 Å². The molecule has 0 spiro atoms. The molecule has 0 aromatic heterocycles. The minimum absolute atomic E-state index is 0.0600. The van der Waals surface area contributed by atoms with Gasteiger partial charge in [-0.3, -0.25) is 9.59 Å². The lowest BCUT2D eigenvalue weighted by atomic mass is 9.81. The van der Waals surface area contributed by atoms with E-state index >= 15 is 0 Å². The highest BCUT2D eigenvalue weighted by molar-refractivity contribution is 6.29. The third-order valence-corrected chi connectivity index (χ3v) is 3.56. The first-order valence-electron chi connectivity index (χ1n) is 6.20. The molecule has 0 atom stereocenters. The Morgan fingerprint density at radius 2 is 1.75 bits per heavy atom. The molecule has 4 heteroatoms. The van der Waals surface area contributed by atoms with Crippen molar-refractivity contribution in [3.05, 3.63) is 63.7 Å². The number of aliphatic hydroxyl groups excluding tert-OH is 1. The van der Waals surface area contributed by atoms with Crippen LogP contribution in [0.1, 0.15) is 43.0 Å². The molecule has 0 saturated heterocycles. The Bertz CT molecular complexity index is 759. The van der Waals surface area contributed by atoms with Crippen molar-refractivity contribution in [3.8, 4) is 5.75 Å². The lowest BCUT2D eigenvalue weighted by Gasteiger charge is -2.20. The van der Waals surface area contributed by atoms with Crippen LogP contribution in [0.25, 0.3) is 0 Å². The number of hydrogen-bond donors (Lipinski definition) is 2. The van der Waals surface area contributed by atoms with E-state index < -0.39 is 0 Å². The summed E-state index contributed by atoms with van der Waals surface area (Å²) in [6.45, 7) is 1.52. The summed E-state index contributed by atoms with van der Waals surface area (Å²) in [5, 5.41) is 19.1. The molecule has 2 aromatic rings. The van der Waals surface area contributed by atoms with E-state index in [2.05, 4.69) is 0 Å². The highest BCUT2D eigenvalue weighted by Crippen LogP contribution is 2.34. The van der Waals surface area contributed by atoms with Crippen molar-refractivity contribution in [2.75, 3.05) is 0 Å². The maximum atomic E-state index is 12.5. The van der Waals surface area contributed by atoms with Gasteiger partial charge >= 0.3 is 0 Å². The second-order valence-corrected chi connectivity index (χ2v) is 4.85. The molecule has 0 heterocycles. The lowest BCUT2D eigenvalue weighted by Crippen LogP contribution is -2.22. The number of phenolic OH excluding ortho intramolecular Hbond substituents is 1. The van der Waals surface area contributed by atoms with E-state index in [0.717, 1.165) is 0 Å². The SMILES string of the molecule is Cc1cc(CO)cc2c1C(=O)c1c(O)cccc1C2=O. The first-order valence-corrected chi connectivity index (χ1v) is 6.20. The average Bonchev–Trinajstić information content (AvgIpc) is 2.43. The molecule has 4 nitrogen and oxygen atoms in total. The maximum Gasteiger partial charge on any atom is 0.198 e. The van der Waals surface area contributed by atoms with Crippen LogP contribution in [0, 0.1) is 6.92 Å². The summed E-state index contributed by atoms with van der Waals surface area (Å²) >= 11 is 0. The Morgan fingerprint density at radius 1 is 1.00 bits per heavy atom. The van der Waals surface area contributed by atoms with Gasteiger partial charge in [0.05, 0.1) is 12.2 Å². The normalized spacial score (nSPS) is 13.1. The van der Waals surface area contributed by atoms with E-state index in [1.165, 1.54) is 24.3 Å². The van der Waals surface area contributed by atoms with Crippen molar-refractivity contribution in [2.45, 2.75) is 13.5 Å². The number of ketones is 2. The van der Waals surface area contributed by atoms with Crippen LogP contribution in [0.15, 0.2) is 30.3 Å². The van der Waals surface area contributed by atoms with Gasteiger partial charge in [0.25, 0.3) is 0 Å². The van der Waals surface area contributed by atoms with Crippen molar-refractivity contribution >= 4 is 11.6 Å². The molecule has 0 amide bonds. The van der Waals surface area contributed by atoms with Gasteiger partial charge in [0.1, 0.15) is 5.75 Å². The maximum absolute atomic E-state index is 12.5. The number of aliphatic hydroxyl groups is 1. The molecule has 0 radical (unpaired) electrons. The van der Waals surface area contributed by atoms with Crippen LogP contribution in [0.5, 0.6) is 5.75 Å². The minimum atomic E-state index is -0.352. The van der Waals surface area contributed by atoms with Crippen molar-refractivity contribution in [2.24, 2.45) is 0 Å². The van der Waals surface area contributed by atoms with Gasteiger partial charge in [-0.05, 0) is 30.2 Å². The minimum Gasteiger partial charge on any atom is -0.507 e.